The van der Waals surface area contributed by atoms with Crippen molar-refractivity contribution in [1.82, 2.24) is 0 Å². The van der Waals surface area contributed by atoms with Crippen molar-refractivity contribution in [3.05, 3.63) is 77.1 Å². The van der Waals surface area contributed by atoms with E-state index in [2.05, 4.69) is 13.8 Å². The SMILES string of the molecule is CC(C)c1ccc(/C(=C\CC(N)C(=O)[O-])c2ccccc2F)cc1. The van der Waals surface area contributed by atoms with E-state index in [1.165, 1.54) is 11.6 Å². The van der Waals surface area contributed by atoms with Crippen LogP contribution in [0, 0.1) is 5.82 Å². The van der Waals surface area contributed by atoms with Crippen LogP contribution in [0.4, 0.5) is 4.39 Å². The Kier molecular flexibility index (Phi) is 5.88. The molecule has 0 aliphatic rings. The first kappa shape index (κ1) is 17.9. The standard InChI is InChI=1S/C20H22FNO2/c1-13(2)14-7-9-15(10-8-14)16(11-12-19(22)20(23)24)17-5-3-4-6-18(17)21/h3-11,13,19H,12,22H2,1-2H3,(H,23,24)/p-1/b16-11+. The molecule has 0 bridgehead atoms. The molecule has 24 heavy (non-hydrogen) atoms. The lowest BCUT2D eigenvalue weighted by Gasteiger charge is -2.14. The Bertz CT molecular complexity index is 736. The third-order valence-corrected chi connectivity index (χ3v) is 3.93. The number of carbonyl (C=O) groups excluding carboxylic acids is 1. The van der Waals surface area contributed by atoms with E-state index in [-0.39, 0.29) is 12.2 Å². The molecule has 0 saturated carbocycles. The molecule has 0 spiro atoms. The van der Waals surface area contributed by atoms with E-state index in [0.717, 1.165) is 5.56 Å². The zero-order valence-corrected chi connectivity index (χ0v) is 13.8. The van der Waals surface area contributed by atoms with Crippen LogP contribution < -0.4 is 10.8 Å². The van der Waals surface area contributed by atoms with E-state index in [0.29, 0.717) is 17.1 Å². The maximum Gasteiger partial charge on any atom is 0.131 e. The van der Waals surface area contributed by atoms with Crippen molar-refractivity contribution < 1.29 is 14.3 Å². The number of carboxylic acids is 1. The molecule has 2 aromatic rings. The molecule has 1 unspecified atom stereocenters. The fourth-order valence-corrected chi connectivity index (χ4v) is 2.45. The molecule has 1 atom stereocenters. The Morgan fingerprint density at radius 2 is 1.79 bits per heavy atom. The number of hydrogen-bond acceptors (Lipinski definition) is 3. The van der Waals surface area contributed by atoms with E-state index in [1.54, 1.807) is 24.3 Å². The highest BCUT2D eigenvalue weighted by molar-refractivity contribution is 5.81. The van der Waals surface area contributed by atoms with Crippen LogP contribution in [0.1, 0.15) is 42.9 Å². The van der Waals surface area contributed by atoms with Gasteiger partial charge < -0.3 is 15.6 Å². The Morgan fingerprint density at radius 3 is 2.33 bits per heavy atom. The van der Waals surface area contributed by atoms with Gasteiger partial charge in [-0.3, -0.25) is 0 Å². The average Bonchev–Trinajstić information content (AvgIpc) is 2.56. The maximum atomic E-state index is 14.2. The molecule has 126 valence electrons. The minimum Gasteiger partial charge on any atom is -0.548 e. The van der Waals surface area contributed by atoms with E-state index in [1.807, 2.05) is 24.3 Å². The molecule has 4 heteroatoms. The van der Waals surface area contributed by atoms with Gasteiger partial charge in [0.05, 0.1) is 5.97 Å². The monoisotopic (exact) mass is 326 g/mol. The molecule has 0 aromatic heterocycles. The summed E-state index contributed by atoms with van der Waals surface area (Å²) >= 11 is 0. The minimum atomic E-state index is -1.32. The number of rotatable bonds is 6. The van der Waals surface area contributed by atoms with E-state index >= 15 is 0 Å². The van der Waals surface area contributed by atoms with Crippen LogP contribution in [-0.4, -0.2) is 12.0 Å². The largest absolute Gasteiger partial charge is 0.548 e. The molecular weight excluding hydrogens is 305 g/mol. The third kappa shape index (κ3) is 4.30. The number of nitrogens with two attached hydrogens (primary N) is 1. The number of benzene rings is 2. The summed E-state index contributed by atoms with van der Waals surface area (Å²) in [5.41, 5.74) is 8.56. The van der Waals surface area contributed by atoms with Crippen molar-refractivity contribution in [2.45, 2.75) is 32.2 Å². The summed E-state index contributed by atoms with van der Waals surface area (Å²) in [7, 11) is 0. The van der Waals surface area contributed by atoms with Crippen molar-refractivity contribution >= 4 is 11.5 Å². The molecule has 0 amide bonds. The molecule has 2 aromatic carbocycles. The van der Waals surface area contributed by atoms with Gasteiger partial charge in [0.15, 0.2) is 0 Å². The van der Waals surface area contributed by atoms with Crippen LogP contribution in [0.3, 0.4) is 0 Å². The summed E-state index contributed by atoms with van der Waals surface area (Å²) in [4.78, 5) is 10.8. The molecule has 0 fully saturated rings. The molecule has 2 N–H and O–H groups in total. The van der Waals surface area contributed by atoms with Crippen LogP contribution in [0.15, 0.2) is 54.6 Å². The zero-order valence-electron chi connectivity index (χ0n) is 13.8. The molecule has 2 rings (SSSR count). The van der Waals surface area contributed by atoms with E-state index in [9.17, 15) is 14.3 Å². The van der Waals surface area contributed by atoms with Crippen LogP contribution in [0.25, 0.3) is 5.57 Å². The Hall–Kier alpha value is -2.46. The van der Waals surface area contributed by atoms with Gasteiger partial charge in [-0.25, -0.2) is 4.39 Å². The zero-order chi connectivity index (χ0) is 17.7. The molecule has 3 nitrogen and oxygen atoms in total. The van der Waals surface area contributed by atoms with Crippen molar-refractivity contribution in [2.75, 3.05) is 0 Å². The van der Waals surface area contributed by atoms with Crippen LogP contribution in [0.5, 0.6) is 0 Å². The van der Waals surface area contributed by atoms with Gasteiger partial charge in [-0.15, -0.1) is 0 Å². The number of carbonyl (C=O) groups is 1. The Morgan fingerprint density at radius 1 is 1.17 bits per heavy atom. The van der Waals surface area contributed by atoms with Gasteiger partial charge in [0.25, 0.3) is 0 Å². The molecule has 0 aliphatic carbocycles. The lowest BCUT2D eigenvalue weighted by molar-refractivity contribution is -0.307. The lowest BCUT2D eigenvalue weighted by Crippen LogP contribution is -2.41. The normalized spacial score (nSPS) is 13.1. The van der Waals surface area contributed by atoms with Crippen LogP contribution in [0.2, 0.25) is 0 Å². The van der Waals surface area contributed by atoms with Gasteiger partial charge in [0, 0.05) is 11.6 Å². The molecular formula is C20H21FNO2-. The topological polar surface area (TPSA) is 66.2 Å². The van der Waals surface area contributed by atoms with Gasteiger partial charge in [0.1, 0.15) is 5.82 Å². The fraction of sp³-hybridized carbons (Fsp3) is 0.250. The van der Waals surface area contributed by atoms with Crippen molar-refractivity contribution in [3.63, 3.8) is 0 Å². The summed E-state index contributed by atoms with van der Waals surface area (Å²) in [5, 5.41) is 10.8. The number of halogens is 1. The van der Waals surface area contributed by atoms with E-state index < -0.39 is 12.0 Å². The second-order valence-corrected chi connectivity index (χ2v) is 6.04. The second-order valence-electron chi connectivity index (χ2n) is 6.04. The summed E-state index contributed by atoms with van der Waals surface area (Å²) in [6, 6.07) is 13.1. The van der Waals surface area contributed by atoms with Gasteiger partial charge in [0.2, 0.25) is 0 Å². The Balaban J connectivity index is 2.44. The first-order valence-corrected chi connectivity index (χ1v) is 7.92. The molecule has 0 heterocycles. The molecule has 0 saturated heterocycles. The summed E-state index contributed by atoms with van der Waals surface area (Å²) < 4.78 is 14.2. The van der Waals surface area contributed by atoms with Crippen molar-refractivity contribution in [3.8, 4) is 0 Å². The van der Waals surface area contributed by atoms with Crippen LogP contribution >= 0.6 is 0 Å². The van der Waals surface area contributed by atoms with Crippen molar-refractivity contribution in [2.24, 2.45) is 5.73 Å². The third-order valence-electron chi connectivity index (χ3n) is 3.93. The summed E-state index contributed by atoms with van der Waals surface area (Å²) in [6.07, 6.45) is 1.72. The quantitative estimate of drug-likeness (QED) is 0.887. The van der Waals surface area contributed by atoms with Gasteiger partial charge >= 0.3 is 0 Å². The van der Waals surface area contributed by atoms with Gasteiger partial charge in [-0.2, -0.15) is 0 Å². The van der Waals surface area contributed by atoms with E-state index in [4.69, 9.17) is 5.73 Å². The smallest absolute Gasteiger partial charge is 0.131 e. The lowest BCUT2D eigenvalue weighted by atomic mass is 9.93. The number of hydrogen-bond donors (Lipinski definition) is 1. The minimum absolute atomic E-state index is 0.0674. The highest BCUT2D eigenvalue weighted by Crippen LogP contribution is 2.27. The second kappa shape index (κ2) is 7.88. The van der Waals surface area contributed by atoms with Crippen molar-refractivity contribution in [1.29, 1.82) is 0 Å². The predicted molar refractivity (Wildman–Crippen MR) is 91.6 cm³/mol. The predicted octanol–water partition coefficient (Wildman–Crippen LogP) is 2.85. The number of carboxylic acid groups (broad SMARTS) is 1. The first-order valence-electron chi connectivity index (χ1n) is 7.92. The fourth-order valence-electron chi connectivity index (χ4n) is 2.45. The average molecular weight is 326 g/mol. The Labute approximate surface area is 141 Å². The first-order chi connectivity index (χ1) is 11.4. The van der Waals surface area contributed by atoms with Gasteiger partial charge in [-0.05, 0) is 35.1 Å². The molecule has 0 radical (unpaired) electrons. The number of aliphatic carboxylic acids is 1. The summed E-state index contributed by atoms with van der Waals surface area (Å²) in [6.45, 7) is 4.20. The molecule has 0 aliphatic heterocycles. The maximum absolute atomic E-state index is 14.2. The highest BCUT2D eigenvalue weighted by atomic mass is 19.1. The highest BCUT2D eigenvalue weighted by Gasteiger charge is 2.11. The summed E-state index contributed by atoms with van der Waals surface area (Å²) in [5.74, 6) is -1.29. The van der Waals surface area contributed by atoms with Gasteiger partial charge in [-0.1, -0.05) is 62.4 Å². The van der Waals surface area contributed by atoms with Crippen LogP contribution in [-0.2, 0) is 4.79 Å².